The zero-order valence-corrected chi connectivity index (χ0v) is 14.1. The second-order valence-corrected chi connectivity index (χ2v) is 6.89. The Morgan fingerprint density at radius 3 is 2.68 bits per heavy atom. The van der Waals surface area contributed by atoms with Gasteiger partial charge in [0.2, 0.25) is 0 Å². The van der Waals surface area contributed by atoms with E-state index in [9.17, 15) is 4.79 Å². The topological polar surface area (TPSA) is 46.3 Å². The summed E-state index contributed by atoms with van der Waals surface area (Å²) < 4.78 is 1.08. The highest BCUT2D eigenvalue weighted by Gasteiger charge is 2.36. The summed E-state index contributed by atoms with van der Waals surface area (Å²) in [7, 11) is 0. The Balaban J connectivity index is 2.13. The van der Waals surface area contributed by atoms with E-state index < -0.39 is 0 Å². The van der Waals surface area contributed by atoms with Crippen LogP contribution in [0.2, 0.25) is 0 Å². The van der Waals surface area contributed by atoms with Crippen LogP contribution in [0.5, 0.6) is 0 Å². The first-order valence-electron chi connectivity index (χ1n) is 7.39. The van der Waals surface area contributed by atoms with Gasteiger partial charge in [-0.05, 0) is 47.9 Å². The van der Waals surface area contributed by atoms with E-state index in [2.05, 4.69) is 52.0 Å². The fourth-order valence-corrected chi connectivity index (χ4v) is 3.55. The Hall–Kier alpha value is -1.81. The minimum Gasteiger partial charge on any atom is -0.399 e. The third-order valence-corrected chi connectivity index (χ3v) is 5.14. The molecule has 4 heteroatoms. The van der Waals surface area contributed by atoms with Crippen molar-refractivity contribution in [2.24, 2.45) is 0 Å². The summed E-state index contributed by atoms with van der Waals surface area (Å²) >= 11 is 3.49. The number of nitrogens with zero attached hydrogens (tertiary/aromatic N) is 1. The van der Waals surface area contributed by atoms with Crippen LogP contribution in [-0.4, -0.2) is 19.4 Å². The van der Waals surface area contributed by atoms with Gasteiger partial charge in [0.1, 0.15) is 6.29 Å². The number of carbonyl (C=O) groups excluding carboxylic acids is 1. The van der Waals surface area contributed by atoms with Crippen LogP contribution in [-0.2, 0) is 10.2 Å². The number of anilines is 2. The van der Waals surface area contributed by atoms with Crippen molar-refractivity contribution in [3.05, 3.63) is 58.1 Å². The first kappa shape index (κ1) is 15.1. The molecular formula is C18H19BrN2O. The van der Waals surface area contributed by atoms with Crippen molar-refractivity contribution < 1.29 is 4.79 Å². The quantitative estimate of drug-likeness (QED) is 0.671. The number of carbonyl (C=O) groups is 1. The molecule has 2 aromatic rings. The molecule has 0 amide bonds. The molecule has 0 saturated carbocycles. The lowest BCUT2D eigenvalue weighted by atomic mass is 9.71. The lowest BCUT2D eigenvalue weighted by Gasteiger charge is -2.42. The van der Waals surface area contributed by atoms with Gasteiger partial charge in [-0.3, -0.25) is 0 Å². The average molecular weight is 359 g/mol. The summed E-state index contributed by atoms with van der Waals surface area (Å²) in [6, 6.07) is 14.5. The van der Waals surface area contributed by atoms with Crippen LogP contribution in [0.25, 0.3) is 0 Å². The van der Waals surface area contributed by atoms with Crippen molar-refractivity contribution in [3.8, 4) is 0 Å². The number of benzene rings is 2. The van der Waals surface area contributed by atoms with Crippen LogP contribution in [0.4, 0.5) is 11.4 Å². The molecule has 0 spiro atoms. The van der Waals surface area contributed by atoms with E-state index in [0.29, 0.717) is 6.54 Å². The smallest absolute Gasteiger partial charge is 0.139 e. The van der Waals surface area contributed by atoms with E-state index in [0.717, 1.165) is 35.1 Å². The van der Waals surface area contributed by atoms with Crippen LogP contribution in [0.3, 0.4) is 0 Å². The molecule has 3 nitrogen and oxygen atoms in total. The second kappa shape index (κ2) is 5.76. The van der Waals surface area contributed by atoms with E-state index >= 15 is 0 Å². The Kier molecular flexibility index (Phi) is 3.96. The number of halogens is 1. The molecule has 1 unspecified atom stereocenters. The van der Waals surface area contributed by atoms with E-state index in [4.69, 9.17) is 5.73 Å². The predicted octanol–water partition coefficient (Wildman–Crippen LogP) is 3.75. The number of hydrogen-bond donors (Lipinski definition) is 1. The van der Waals surface area contributed by atoms with Crippen LogP contribution < -0.4 is 10.6 Å². The van der Waals surface area contributed by atoms with Gasteiger partial charge < -0.3 is 15.4 Å². The highest BCUT2D eigenvalue weighted by atomic mass is 79.9. The molecule has 114 valence electrons. The zero-order chi connectivity index (χ0) is 15.7. The van der Waals surface area contributed by atoms with Crippen molar-refractivity contribution in [1.29, 1.82) is 0 Å². The highest BCUT2D eigenvalue weighted by Crippen LogP contribution is 2.45. The number of aldehydes is 1. The summed E-state index contributed by atoms with van der Waals surface area (Å²) in [5.74, 6) is 0. The molecule has 22 heavy (non-hydrogen) atoms. The van der Waals surface area contributed by atoms with Crippen molar-refractivity contribution in [1.82, 2.24) is 0 Å². The molecule has 0 aliphatic carbocycles. The normalized spacial score (nSPS) is 20.5. The van der Waals surface area contributed by atoms with E-state index in [1.165, 1.54) is 11.1 Å². The zero-order valence-electron chi connectivity index (χ0n) is 12.6. The van der Waals surface area contributed by atoms with Crippen molar-refractivity contribution in [2.75, 3.05) is 23.7 Å². The van der Waals surface area contributed by atoms with E-state index in [1.807, 2.05) is 18.2 Å². The molecule has 2 aromatic carbocycles. The van der Waals surface area contributed by atoms with Crippen LogP contribution >= 0.6 is 15.9 Å². The largest absolute Gasteiger partial charge is 0.399 e. The lowest BCUT2D eigenvalue weighted by Crippen LogP contribution is -2.40. The number of nitrogens with two attached hydrogens (primary N) is 1. The fraction of sp³-hybridized carbons (Fsp3) is 0.278. The molecule has 3 rings (SSSR count). The third-order valence-electron chi connectivity index (χ3n) is 4.61. The maximum Gasteiger partial charge on any atom is 0.139 e. The van der Waals surface area contributed by atoms with Crippen molar-refractivity contribution >= 4 is 33.6 Å². The molecule has 0 saturated heterocycles. The molecule has 1 heterocycles. The van der Waals surface area contributed by atoms with Gasteiger partial charge in [0.05, 0.1) is 6.54 Å². The molecule has 0 radical (unpaired) electrons. The lowest BCUT2D eigenvalue weighted by molar-refractivity contribution is -0.106. The van der Waals surface area contributed by atoms with Gasteiger partial charge in [0, 0.05) is 27.8 Å². The van der Waals surface area contributed by atoms with Crippen molar-refractivity contribution in [3.63, 3.8) is 0 Å². The van der Waals surface area contributed by atoms with Crippen LogP contribution in [0, 0.1) is 0 Å². The standard InChI is InChI=1S/C18H19BrN2O/c1-18(13-2-4-14(19)5-3-13)8-9-21(10-11-22)17-7-6-15(20)12-16(17)18/h2-7,11-12H,8-10,20H2,1H3. The number of nitrogen functional groups attached to an aromatic ring is 1. The third kappa shape index (κ3) is 2.52. The van der Waals surface area contributed by atoms with E-state index in [-0.39, 0.29) is 5.41 Å². The summed E-state index contributed by atoms with van der Waals surface area (Å²) in [5.41, 5.74) is 10.3. The first-order valence-corrected chi connectivity index (χ1v) is 8.18. The van der Waals surface area contributed by atoms with Gasteiger partial charge in [-0.2, -0.15) is 0 Å². The molecule has 1 aliphatic rings. The minimum absolute atomic E-state index is 0.0925. The second-order valence-electron chi connectivity index (χ2n) is 5.98. The molecular weight excluding hydrogens is 340 g/mol. The predicted molar refractivity (Wildman–Crippen MR) is 94.3 cm³/mol. The maximum atomic E-state index is 10.9. The minimum atomic E-state index is -0.0925. The van der Waals surface area contributed by atoms with Crippen LogP contribution in [0.1, 0.15) is 24.5 Å². The van der Waals surface area contributed by atoms with E-state index in [1.54, 1.807) is 0 Å². The maximum absolute atomic E-state index is 10.9. The Morgan fingerprint density at radius 1 is 1.27 bits per heavy atom. The molecule has 0 fully saturated rings. The van der Waals surface area contributed by atoms with Gasteiger partial charge in [-0.25, -0.2) is 0 Å². The van der Waals surface area contributed by atoms with Crippen LogP contribution in [0.15, 0.2) is 46.9 Å². The monoisotopic (exact) mass is 358 g/mol. The molecule has 1 aliphatic heterocycles. The molecule has 2 N–H and O–H groups in total. The summed E-state index contributed by atoms with van der Waals surface area (Å²) in [6.07, 6.45) is 1.92. The number of fused-ring (bicyclic) bond motifs is 1. The molecule has 0 bridgehead atoms. The Labute approximate surface area is 139 Å². The summed E-state index contributed by atoms with van der Waals surface area (Å²) in [6.45, 7) is 3.54. The first-order chi connectivity index (χ1) is 10.5. The Morgan fingerprint density at radius 2 is 2.00 bits per heavy atom. The average Bonchev–Trinajstić information content (AvgIpc) is 2.51. The van der Waals surface area contributed by atoms with Gasteiger partial charge in [-0.15, -0.1) is 0 Å². The Bertz CT molecular complexity index is 699. The summed E-state index contributed by atoms with van der Waals surface area (Å²) in [4.78, 5) is 13.1. The highest BCUT2D eigenvalue weighted by molar-refractivity contribution is 9.10. The van der Waals surface area contributed by atoms with Gasteiger partial charge >= 0.3 is 0 Å². The van der Waals surface area contributed by atoms with Crippen molar-refractivity contribution in [2.45, 2.75) is 18.8 Å². The van der Waals surface area contributed by atoms with Gasteiger partial charge in [0.25, 0.3) is 0 Å². The molecule has 1 atom stereocenters. The number of hydrogen-bond acceptors (Lipinski definition) is 3. The fourth-order valence-electron chi connectivity index (χ4n) is 3.28. The number of rotatable bonds is 3. The van der Waals surface area contributed by atoms with Gasteiger partial charge in [0.15, 0.2) is 0 Å². The summed E-state index contributed by atoms with van der Waals surface area (Å²) in [5, 5.41) is 0. The van der Waals surface area contributed by atoms with Gasteiger partial charge in [-0.1, -0.05) is 35.0 Å². The SMILES string of the molecule is CC1(c2ccc(Br)cc2)CCN(CC=O)c2ccc(N)cc21. The molecule has 0 aromatic heterocycles.